The summed E-state index contributed by atoms with van der Waals surface area (Å²) in [6.45, 7) is 9.58. The van der Waals surface area contributed by atoms with E-state index in [1.54, 1.807) is 0 Å². The molecule has 0 radical (unpaired) electrons. The average molecular weight is 435 g/mol. The van der Waals surface area contributed by atoms with Crippen molar-refractivity contribution in [2.24, 2.45) is 0 Å². The molecule has 170 valence electrons. The molecule has 2 atom stereocenters. The normalized spacial score (nSPS) is 22.5. The monoisotopic (exact) mass is 434 g/mol. The quantitative estimate of drug-likeness (QED) is 0.673. The van der Waals surface area contributed by atoms with Crippen LogP contribution in [-0.2, 0) is 17.8 Å². The maximum Gasteiger partial charge on any atom is 0.188 e. The Bertz CT molecular complexity index is 942. The van der Waals surface area contributed by atoms with Crippen molar-refractivity contribution < 1.29 is 14.6 Å². The van der Waals surface area contributed by atoms with Crippen molar-refractivity contribution in [1.82, 2.24) is 9.80 Å². The summed E-state index contributed by atoms with van der Waals surface area (Å²) in [7, 11) is 0. The lowest BCUT2D eigenvalue weighted by molar-refractivity contribution is 0.0290. The van der Waals surface area contributed by atoms with E-state index in [2.05, 4.69) is 54.0 Å². The lowest BCUT2D eigenvalue weighted by Gasteiger charge is -2.44. The Balaban J connectivity index is 1.40. The standard InChI is InChI=1S/C27H34N2O3/c1-20-15-28(18-25-5-3-4-6-26(25)23-11-13-32-14-12-23)16-21(2)29(20)17-22-7-9-24(10-8-22)27(31)19-30/h3-11,20-21,30H,12-19H2,1-2H3/t20-,21+. The Kier molecular flexibility index (Phi) is 7.53. The van der Waals surface area contributed by atoms with Crippen LogP contribution in [0.1, 0.15) is 47.3 Å². The van der Waals surface area contributed by atoms with Crippen molar-refractivity contribution in [2.45, 2.75) is 45.4 Å². The zero-order valence-corrected chi connectivity index (χ0v) is 19.2. The number of aliphatic hydroxyl groups excluding tert-OH is 1. The van der Waals surface area contributed by atoms with Gasteiger partial charge >= 0.3 is 0 Å². The van der Waals surface area contributed by atoms with E-state index in [9.17, 15) is 4.79 Å². The first kappa shape index (κ1) is 22.9. The number of hydrogen-bond donors (Lipinski definition) is 1. The molecule has 0 bridgehead atoms. The summed E-state index contributed by atoms with van der Waals surface area (Å²) < 4.78 is 5.50. The summed E-state index contributed by atoms with van der Waals surface area (Å²) in [5.41, 5.74) is 5.95. The zero-order chi connectivity index (χ0) is 22.5. The Morgan fingerprint density at radius 3 is 2.41 bits per heavy atom. The molecule has 2 aromatic carbocycles. The lowest BCUT2D eigenvalue weighted by Crippen LogP contribution is -2.55. The van der Waals surface area contributed by atoms with Crippen LogP contribution in [0.5, 0.6) is 0 Å². The first-order chi connectivity index (χ1) is 15.5. The first-order valence-electron chi connectivity index (χ1n) is 11.6. The Hall–Kier alpha value is -2.31. The highest BCUT2D eigenvalue weighted by Crippen LogP contribution is 2.27. The first-order valence-corrected chi connectivity index (χ1v) is 11.6. The van der Waals surface area contributed by atoms with Crippen LogP contribution in [-0.4, -0.2) is 65.7 Å². The fourth-order valence-electron chi connectivity index (χ4n) is 4.99. The molecule has 0 unspecified atom stereocenters. The van der Waals surface area contributed by atoms with Crippen molar-refractivity contribution in [1.29, 1.82) is 0 Å². The van der Waals surface area contributed by atoms with E-state index in [0.29, 0.717) is 24.3 Å². The van der Waals surface area contributed by atoms with E-state index in [4.69, 9.17) is 9.84 Å². The number of hydrogen-bond acceptors (Lipinski definition) is 5. The summed E-state index contributed by atoms with van der Waals surface area (Å²) in [5.74, 6) is -0.233. The third-order valence-electron chi connectivity index (χ3n) is 6.68. The van der Waals surface area contributed by atoms with Crippen LogP contribution in [0.25, 0.3) is 5.57 Å². The molecule has 0 aromatic heterocycles. The number of ether oxygens (including phenoxy) is 1. The van der Waals surface area contributed by atoms with Crippen LogP contribution in [0, 0.1) is 0 Å². The fourth-order valence-corrected chi connectivity index (χ4v) is 4.99. The van der Waals surface area contributed by atoms with Crippen LogP contribution < -0.4 is 0 Å². The van der Waals surface area contributed by atoms with Crippen LogP contribution in [0.15, 0.2) is 54.6 Å². The number of aliphatic hydroxyl groups is 1. The predicted molar refractivity (Wildman–Crippen MR) is 127 cm³/mol. The van der Waals surface area contributed by atoms with E-state index in [1.165, 1.54) is 22.3 Å². The van der Waals surface area contributed by atoms with E-state index >= 15 is 0 Å². The maximum absolute atomic E-state index is 11.7. The molecule has 2 aliphatic rings. The van der Waals surface area contributed by atoms with Crippen LogP contribution in [0.3, 0.4) is 0 Å². The number of carbonyl (C=O) groups excluding carboxylic acids is 1. The Morgan fingerprint density at radius 2 is 1.75 bits per heavy atom. The van der Waals surface area contributed by atoms with Crippen molar-refractivity contribution in [3.05, 3.63) is 76.9 Å². The largest absolute Gasteiger partial charge is 0.388 e. The average Bonchev–Trinajstić information content (AvgIpc) is 2.82. The Labute approximate surface area is 191 Å². The highest BCUT2D eigenvalue weighted by molar-refractivity contribution is 5.96. The highest BCUT2D eigenvalue weighted by Gasteiger charge is 2.29. The fraction of sp³-hybridized carbons (Fsp3) is 0.444. The molecular weight excluding hydrogens is 400 g/mol. The molecule has 1 N–H and O–H groups in total. The summed E-state index contributed by atoms with van der Waals surface area (Å²) in [6.07, 6.45) is 3.21. The zero-order valence-electron chi connectivity index (χ0n) is 19.2. The molecule has 0 amide bonds. The molecule has 2 aromatic rings. The molecule has 2 aliphatic heterocycles. The van der Waals surface area contributed by atoms with Gasteiger partial charge in [0.1, 0.15) is 6.61 Å². The topological polar surface area (TPSA) is 53.0 Å². The maximum atomic E-state index is 11.7. The summed E-state index contributed by atoms with van der Waals surface area (Å²) in [6, 6.07) is 17.3. The molecule has 0 aliphatic carbocycles. The van der Waals surface area contributed by atoms with Gasteiger partial charge in [-0.05, 0) is 42.5 Å². The number of ketones is 1. The second kappa shape index (κ2) is 10.5. The molecule has 0 spiro atoms. The number of rotatable bonds is 7. The van der Waals surface area contributed by atoms with E-state index in [1.807, 2.05) is 24.3 Å². The molecule has 4 rings (SSSR count). The van der Waals surface area contributed by atoms with Crippen molar-refractivity contribution in [3.8, 4) is 0 Å². The van der Waals surface area contributed by atoms with Gasteiger partial charge in [-0.25, -0.2) is 0 Å². The van der Waals surface area contributed by atoms with Gasteiger partial charge in [0.2, 0.25) is 0 Å². The second-order valence-corrected chi connectivity index (χ2v) is 9.05. The number of piperazine rings is 1. The van der Waals surface area contributed by atoms with Gasteiger partial charge in [-0.15, -0.1) is 0 Å². The van der Waals surface area contributed by atoms with E-state index in [0.717, 1.165) is 39.2 Å². The van der Waals surface area contributed by atoms with Gasteiger partial charge in [0.15, 0.2) is 5.78 Å². The number of carbonyl (C=O) groups is 1. The minimum atomic E-state index is -0.441. The van der Waals surface area contributed by atoms with Gasteiger partial charge in [-0.2, -0.15) is 0 Å². The third kappa shape index (κ3) is 5.36. The van der Waals surface area contributed by atoms with Gasteiger partial charge in [0.05, 0.1) is 13.2 Å². The van der Waals surface area contributed by atoms with Crippen molar-refractivity contribution in [3.63, 3.8) is 0 Å². The Morgan fingerprint density at radius 1 is 1.03 bits per heavy atom. The van der Waals surface area contributed by atoms with Gasteiger partial charge in [-0.3, -0.25) is 14.6 Å². The number of nitrogens with zero attached hydrogens (tertiary/aromatic N) is 2. The summed E-state index contributed by atoms with van der Waals surface area (Å²) in [5, 5.41) is 9.04. The van der Waals surface area contributed by atoms with E-state index in [-0.39, 0.29) is 5.78 Å². The predicted octanol–water partition coefficient (Wildman–Crippen LogP) is 3.76. The third-order valence-corrected chi connectivity index (χ3v) is 6.68. The van der Waals surface area contributed by atoms with Crippen molar-refractivity contribution in [2.75, 3.05) is 32.9 Å². The molecular formula is C27H34N2O3. The molecule has 32 heavy (non-hydrogen) atoms. The molecule has 0 saturated carbocycles. The van der Waals surface area contributed by atoms with Gasteiger partial charge in [0.25, 0.3) is 0 Å². The minimum Gasteiger partial charge on any atom is -0.388 e. The number of benzene rings is 2. The van der Waals surface area contributed by atoms with Gasteiger partial charge < -0.3 is 9.84 Å². The second-order valence-electron chi connectivity index (χ2n) is 9.05. The number of Topliss-reactive ketones (excluding diaryl/α,β-unsaturated/α-hetero) is 1. The summed E-state index contributed by atoms with van der Waals surface area (Å²) in [4.78, 5) is 16.8. The lowest BCUT2D eigenvalue weighted by atomic mass is 9.95. The van der Waals surface area contributed by atoms with Crippen LogP contribution in [0.2, 0.25) is 0 Å². The molecule has 1 fully saturated rings. The SMILES string of the molecule is C[C@@H]1CN(Cc2ccccc2C2=CCOCC2)C[C@H](C)N1Cc1ccc(C(=O)CO)cc1. The highest BCUT2D eigenvalue weighted by atomic mass is 16.5. The van der Waals surface area contributed by atoms with Crippen LogP contribution in [0.4, 0.5) is 0 Å². The minimum absolute atomic E-state index is 0.233. The smallest absolute Gasteiger partial charge is 0.188 e. The molecule has 5 heteroatoms. The van der Waals surface area contributed by atoms with Gasteiger partial charge in [0, 0.05) is 43.8 Å². The van der Waals surface area contributed by atoms with Crippen LogP contribution >= 0.6 is 0 Å². The molecule has 5 nitrogen and oxygen atoms in total. The molecule has 2 heterocycles. The van der Waals surface area contributed by atoms with Crippen molar-refractivity contribution >= 4 is 11.4 Å². The molecule has 1 saturated heterocycles. The van der Waals surface area contributed by atoms with Gasteiger partial charge in [-0.1, -0.05) is 54.6 Å². The summed E-state index contributed by atoms with van der Waals surface area (Å²) >= 11 is 0. The van der Waals surface area contributed by atoms with E-state index < -0.39 is 6.61 Å².